The highest BCUT2D eigenvalue weighted by Gasteiger charge is 2.10. The number of hydrogen-bond donors (Lipinski definition) is 0. The number of nitrogens with zero attached hydrogens (tertiary/aromatic N) is 3. The Kier molecular flexibility index (Phi) is 4.72. The molecule has 0 radical (unpaired) electrons. The lowest BCUT2D eigenvalue weighted by atomic mass is 10.1. The van der Waals surface area contributed by atoms with Gasteiger partial charge in [-0.05, 0) is 25.1 Å². The lowest BCUT2D eigenvalue weighted by Gasteiger charge is -2.23. The number of nitriles is 2. The minimum Gasteiger partial charge on any atom is -0.370 e. The van der Waals surface area contributed by atoms with E-state index in [-0.39, 0.29) is 0 Å². The maximum Gasteiger partial charge on any atom is 0.150 e. The van der Waals surface area contributed by atoms with Crippen molar-refractivity contribution in [2.45, 2.75) is 13.3 Å². The van der Waals surface area contributed by atoms with Gasteiger partial charge in [-0.2, -0.15) is 10.5 Å². The van der Waals surface area contributed by atoms with Crippen molar-refractivity contribution in [3.63, 3.8) is 0 Å². The summed E-state index contributed by atoms with van der Waals surface area (Å²) in [6.45, 7) is 3.27. The van der Waals surface area contributed by atoms with Crippen LogP contribution in [0.15, 0.2) is 18.2 Å². The number of carbonyl (C=O) groups is 1. The van der Waals surface area contributed by atoms with E-state index in [0.29, 0.717) is 24.1 Å². The molecule has 0 aliphatic heterocycles. The van der Waals surface area contributed by atoms with Crippen LogP contribution in [0, 0.1) is 22.7 Å². The van der Waals surface area contributed by atoms with Gasteiger partial charge in [0.15, 0.2) is 0 Å². The Morgan fingerprint density at radius 2 is 2.18 bits per heavy atom. The number of rotatable bonds is 5. The first-order valence-electron chi connectivity index (χ1n) is 5.38. The quantitative estimate of drug-likeness (QED) is 0.722. The molecule has 0 aromatic heterocycles. The molecular formula is C13H13N3O. The summed E-state index contributed by atoms with van der Waals surface area (Å²) < 4.78 is 0. The van der Waals surface area contributed by atoms with E-state index >= 15 is 0 Å². The van der Waals surface area contributed by atoms with Crippen LogP contribution >= 0.6 is 0 Å². The zero-order valence-electron chi connectivity index (χ0n) is 9.68. The summed E-state index contributed by atoms with van der Waals surface area (Å²) in [5.74, 6) is 0. The molecule has 86 valence electrons. The maximum atomic E-state index is 10.6. The predicted molar refractivity (Wildman–Crippen MR) is 64.7 cm³/mol. The smallest absolute Gasteiger partial charge is 0.150 e. The fourth-order valence-electron chi connectivity index (χ4n) is 1.63. The van der Waals surface area contributed by atoms with Crippen LogP contribution < -0.4 is 4.90 Å². The zero-order chi connectivity index (χ0) is 12.7. The molecule has 1 rings (SSSR count). The van der Waals surface area contributed by atoms with Crippen molar-refractivity contribution in [1.82, 2.24) is 0 Å². The molecule has 4 heteroatoms. The third kappa shape index (κ3) is 3.06. The van der Waals surface area contributed by atoms with Crippen molar-refractivity contribution in [2.75, 3.05) is 18.0 Å². The fraction of sp³-hybridized carbons (Fsp3) is 0.308. The predicted octanol–water partition coefficient (Wildman–Crippen LogP) is 2.11. The van der Waals surface area contributed by atoms with E-state index in [4.69, 9.17) is 10.5 Å². The Labute approximate surface area is 101 Å². The van der Waals surface area contributed by atoms with Gasteiger partial charge in [-0.3, -0.25) is 4.79 Å². The molecule has 17 heavy (non-hydrogen) atoms. The van der Waals surface area contributed by atoms with Crippen molar-refractivity contribution >= 4 is 12.0 Å². The Bertz CT molecular complexity index is 482. The molecule has 0 saturated heterocycles. The zero-order valence-corrected chi connectivity index (χ0v) is 9.68. The molecule has 0 unspecified atom stereocenters. The van der Waals surface area contributed by atoms with E-state index in [9.17, 15) is 4.79 Å². The molecule has 1 aromatic carbocycles. The van der Waals surface area contributed by atoms with Crippen LogP contribution in [-0.4, -0.2) is 19.4 Å². The van der Waals surface area contributed by atoms with E-state index in [1.165, 1.54) is 0 Å². The largest absolute Gasteiger partial charge is 0.370 e. The van der Waals surface area contributed by atoms with E-state index in [0.717, 1.165) is 18.5 Å². The highest BCUT2D eigenvalue weighted by Crippen LogP contribution is 2.21. The van der Waals surface area contributed by atoms with Gasteiger partial charge in [0.05, 0.1) is 23.7 Å². The van der Waals surface area contributed by atoms with Gasteiger partial charge >= 0.3 is 0 Å². The van der Waals surface area contributed by atoms with Crippen LogP contribution in [0.1, 0.15) is 29.3 Å². The molecular weight excluding hydrogens is 214 g/mol. The van der Waals surface area contributed by atoms with Crippen LogP contribution in [0.25, 0.3) is 0 Å². The number of benzene rings is 1. The summed E-state index contributed by atoms with van der Waals surface area (Å²) in [7, 11) is 0. The molecule has 0 saturated carbocycles. The second kappa shape index (κ2) is 6.30. The number of carbonyl (C=O) groups excluding carboxylic acids is 1. The van der Waals surface area contributed by atoms with Gasteiger partial charge in [0.25, 0.3) is 0 Å². The van der Waals surface area contributed by atoms with Crippen LogP contribution in [0.5, 0.6) is 0 Å². The molecule has 4 nitrogen and oxygen atoms in total. The van der Waals surface area contributed by atoms with Crippen LogP contribution in [0.4, 0.5) is 5.69 Å². The highest BCUT2D eigenvalue weighted by molar-refractivity contribution is 5.78. The number of hydrogen-bond acceptors (Lipinski definition) is 4. The summed E-state index contributed by atoms with van der Waals surface area (Å²) in [5, 5.41) is 17.6. The molecule has 0 aliphatic carbocycles. The minimum atomic E-state index is 0.411. The Morgan fingerprint density at radius 1 is 1.41 bits per heavy atom. The van der Waals surface area contributed by atoms with Crippen LogP contribution in [0.2, 0.25) is 0 Å². The summed E-state index contributed by atoms with van der Waals surface area (Å²) in [4.78, 5) is 12.6. The van der Waals surface area contributed by atoms with Gasteiger partial charge in [-0.25, -0.2) is 0 Å². The summed E-state index contributed by atoms with van der Waals surface area (Å²) in [6.07, 6.45) is 1.13. The number of anilines is 1. The van der Waals surface area contributed by atoms with Crippen molar-refractivity contribution in [3.8, 4) is 12.1 Å². The maximum absolute atomic E-state index is 10.6. The van der Waals surface area contributed by atoms with E-state index in [1.807, 2.05) is 11.8 Å². The lowest BCUT2D eigenvalue weighted by molar-refractivity contribution is 0.112. The summed E-state index contributed by atoms with van der Waals surface area (Å²) >= 11 is 0. The first kappa shape index (κ1) is 12.7. The molecule has 0 bridgehead atoms. The molecule has 0 fully saturated rings. The van der Waals surface area contributed by atoms with Gasteiger partial charge in [-0.1, -0.05) is 0 Å². The third-order valence-corrected chi connectivity index (χ3v) is 2.49. The van der Waals surface area contributed by atoms with E-state index in [1.54, 1.807) is 18.2 Å². The minimum absolute atomic E-state index is 0.411. The normalized spacial score (nSPS) is 9.12. The van der Waals surface area contributed by atoms with Crippen molar-refractivity contribution in [3.05, 3.63) is 29.3 Å². The van der Waals surface area contributed by atoms with Gasteiger partial charge in [0.1, 0.15) is 12.4 Å². The topological polar surface area (TPSA) is 67.9 Å². The van der Waals surface area contributed by atoms with Crippen molar-refractivity contribution < 1.29 is 4.79 Å². The van der Waals surface area contributed by atoms with E-state index < -0.39 is 0 Å². The Hall–Kier alpha value is -2.33. The second-order valence-corrected chi connectivity index (χ2v) is 3.49. The molecule has 0 aliphatic rings. The average molecular weight is 227 g/mol. The van der Waals surface area contributed by atoms with Crippen molar-refractivity contribution in [2.24, 2.45) is 0 Å². The van der Waals surface area contributed by atoms with Crippen LogP contribution in [0.3, 0.4) is 0 Å². The highest BCUT2D eigenvalue weighted by atomic mass is 16.1. The number of aldehydes is 1. The monoisotopic (exact) mass is 227 g/mol. The second-order valence-electron chi connectivity index (χ2n) is 3.49. The first-order chi connectivity index (χ1) is 8.26. The van der Waals surface area contributed by atoms with Crippen LogP contribution in [-0.2, 0) is 0 Å². The summed E-state index contributed by atoms with van der Waals surface area (Å²) in [5.41, 5.74) is 1.73. The van der Waals surface area contributed by atoms with Gasteiger partial charge in [-0.15, -0.1) is 0 Å². The molecule has 0 N–H and O–H groups in total. The summed E-state index contributed by atoms with van der Waals surface area (Å²) in [6, 6.07) is 9.16. The van der Waals surface area contributed by atoms with E-state index in [2.05, 4.69) is 12.1 Å². The molecule has 0 heterocycles. The Morgan fingerprint density at radius 3 is 2.71 bits per heavy atom. The molecule has 1 aromatic rings. The average Bonchev–Trinajstić information content (AvgIpc) is 2.39. The van der Waals surface area contributed by atoms with Gasteiger partial charge < -0.3 is 4.90 Å². The Balaban J connectivity index is 3.07. The first-order valence-corrected chi connectivity index (χ1v) is 5.38. The molecule has 0 amide bonds. The standard InChI is InChI=1S/C13H13N3O/c1-2-16(7-3-6-14)13-5-4-11(10-17)8-12(13)9-15/h4-5,8,10H,2-3,7H2,1H3. The fourth-order valence-corrected chi connectivity index (χ4v) is 1.63. The molecule has 0 atom stereocenters. The molecule has 0 spiro atoms. The lowest BCUT2D eigenvalue weighted by Crippen LogP contribution is -2.24. The van der Waals surface area contributed by atoms with Gasteiger partial charge in [0.2, 0.25) is 0 Å². The van der Waals surface area contributed by atoms with Gasteiger partial charge in [0, 0.05) is 18.7 Å². The SMILES string of the molecule is CCN(CCC#N)c1ccc(C=O)cc1C#N. The third-order valence-electron chi connectivity index (χ3n) is 2.49. The van der Waals surface area contributed by atoms with Crippen molar-refractivity contribution in [1.29, 1.82) is 10.5 Å².